The number of hydrogen-bond donors (Lipinski definition) is 2. The molecule has 2 aromatic carbocycles. The molecule has 2 rings (SSSR count). The van der Waals surface area contributed by atoms with Crippen LogP contribution >= 0.6 is 15.9 Å². The SMILES string of the molecule is Cc1cc(Br)ccc1NC(=O)C(=O)NC(C)c1ccccc1. The second kappa shape index (κ2) is 7.22. The van der Waals surface area contributed by atoms with Gasteiger partial charge in [0.15, 0.2) is 0 Å². The van der Waals surface area contributed by atoms with Crippen LogP contribution in [0.3, 0.4) is 0 Å². The molecule has 0 aliphatic heterocycles. The zero-order valence-corrected chi connectivity index (χ0v) is 14.0. The second-order valence-electron chi connectivity index (χ2n) is 5.02. The van der Waals surface area contributed by atoms with Crippen LogP contribution in [0.15, 0.2) is 53.0 Å². The Morgan fingerprint density at radius 1 is 1.05 bits per heavy atom. The summed E-state index contributed by atoms with van der Waals surface area (Å²) in [5, 5.41) is 5.31. The van der Waals surface area contributed by atoms with Gasteiger partial charge in [0.1, 0.15) is 0 Å². The monoisotopic (exact) mass is 360 g/mol. The number of aryl methyl sites for hydroxylation is 1. The molecule has 0 radical (unpaired) electrons. The van der Waals surface area contributed by atoms with E-state index in [1.165, 1.54) is 0 Å². The predicted octanol–water partition coefficient (Wildman–Crippen LogP) is 3.57. The quantitative estimate of drug-likeness (QED) is 0.822. The molecule has 0 bridgehead atoms. The van der Waals surface area contributed by atoms with E-state index < -0.39 is 11.8 Å². The molecule has 0 aliphatic carbocycles. The van der Waals surface area contributed by atoms with Crippen molar-refractivity contribution in [2.45, 2.75) is 19.9 Å². The van der Waals surface area contributed by atoms with Crippen molar-refractivity contribution in [3.8, 4) is 0 Å². The van der Waals surface area contributed by atoms with Crippen molar-refractivity contribution in [2.75, 3.05) is 5.32 Å². The third-order valence-electron chi connectivity index (χ3n) is 3.29. The molecule has 1 atom stereocenters. The standard InChI is InChI=1S/C17H17BrN2O2/c1-11-10-14(18)8-9-15(11)20-17(22)16(21)19-12(2)13-6-4-3-5-7-13/h3-10,12H,1-2H3,(H,19,21)(H,20,22). The van der Waals surface area contributed by atoms with Crippen LogP contribution in [0, 0.1) is 6.92 Å². The number of carbonyl (C=O) groups excluding carboxylic acids is 2. The van der Waals surface area contributed by atoms with Crippen LogP contribution in [0.4, 0.5) is 5.69 Å². The van der Waals surface area contributed by atoms with E-state index in [2.05, 4.69) is 26.6 Å². The molecule has 0 fully saturated rings. The molecule has 5 heteroatoms. The van der Waals surface area contributed by atoms with Crippen molar-refractivity contribution in [1.82, 2.24) is 5.32 Å². The molecule has 22 heavy (non-hydrogen) atoms. The van der Waals surface area contributed by atoms with Gasteiger partial charge < -0.3 is 10.6 Å². The summed E-state index contributed by atoms with van der Waals surface area (Å²) in [5.74, 6) is -1.33. The summed E-state index contributed by atoms with van der Waals surface area (Å²) >= 11 is 3.36. The van der Waals surface area contributed by atoms with Gasteiger partial charge in [-0.1, -0.05) is 46.3 Å². The minimum atomic E-state index is -0.673. The van der Waals surface area contributed by atoms with E-state index in [4.69, 9.17) is 0 Å². The molecule has 0 spiro atoms. The maximum absolute atomic E-state index is 12.0. The van der Waals surface area contributed by atoms with E-state index in [0.717, 1.165) is 15.6 Å². The van der Waals surface area contributed by atoms with Crippen molar-refractivity contribution >= 4 is 33.4 Å². The van der Waals surface area contributed by atoms with E-state index in [1.54, 1.807) is 6.07 Å². The van der Waals surface area contributed by atoms with Gasteiger partial charge in [-0.15, -0.1) is 0 Å². The number of hydrogen-bond acceptors (Lipinski definition) is 2. The first-order chi connectivity index (χ1) is 10.5. The molecule has 0 aromatic heterocycles. The Bertz CT molecular complexity index is 686. The Hall–Kier alpha value is -2.14. The minimum absolute atomic E-state index is 0.231. The van der Waals surface area contributed by atoms with Crippen molar-refractivity contribution in [3.63, 3.8) is 0 Å². The maximum Gasteiger partial charge on any atom is 0.313 e. The Morgan fingerprint density at radius 2 is 1.73 bits per heavy atom. The summed E-state index contributed by atoms with van der Waals surface area (Å²) < 4.78 is 0.921. The largest absolute Gasteiger partial charge is 0.341 e. The fourth-order valence-corrected chi connectivity index (χ4v) is 2.51. The minimum Gasteiger partial charge on any atom is -0.341 e. The molecule has 0 saturated heterocycles. The first kappa shape index (κ1) is 16.2. The molecular formula is C17H17BrN2O2. The van der Waals surface area contributed by atoms with Crippen LogP contribution < -0.4 is 10.6 Å². The van der Waals surface area contributed by atoms with Gasteiger partial charge in [0, 0.05) is 10.2 Å². The fraction of sp³-hybridized carbons (Fsp3) is 0.176. The summed E-state index contributed by atoms with van der Waals surface area (Å²) in [6.45, 7) is 3.70. The predicted molar refractivity (Wildman–Crippen MR) is 90.5 cm³/mol. The molecule has 2 amide bonds. The Morgan fingerprint density at radius 3 is 2.36 bits per heavy atom. The van der Waals surface area contributed by atoms with Gasteiger partial charge >= 0.3 is 11.8 Å². The van der Waals surface area contributed by atoms with E-state index in [1.807, 2.05) is 56.3 Å². The highest BCUT2D eigenvalue weighted by Crippen LogP contribution is 2.20. The third-order valence-corrected chi connectivity index (χ3v) is 3.78. The normalized spacial score (nSPS) is 11.6. The van der Waals surface area contributed by atoms with E-state index >= 15 is 0 Å². The van der Waals surface area contributed by atoms with Crippen LogP contribution in [-0.2, 0) is 9.59 Å². The zero-order chi connectivity index (χ0) is 16.1. The number of anilines is 1. The second-order valence-corrected chi connectivity index (χ2v) is 5.93. The molecule has 4 nitrogen and oxygen atoms in total. The van der Waals surface area contributed by atoms with Gasteiger partial charge in [0.05, 0.1) is 6.04 Å². The average molecular weight is 361 g/mol. The molecule has 0 aliphatic rings. The van der Waals surface area contributed by atoms with Crippen LogP contribution in [0.2, 0.25) is 0 Å². The van der Waals surface area contributed by atoms with Gasteiger partial charge in [-0.25, -0.2) is 0 Å². The third kappa shape index (κ3) is 4.18. The average Bonchev–Trinajstić information content (AvgIpc) is 2.50. The van der Waals surface area contributed by atoms with Gasteiger partial charge in [-0.2, -0.15) is 0 Å². The van der Waals surface area contributed by atoms with Crippen molar-refractivity contribution < 1.29 is 9.59 Å². The van der Waals surface area contributed by atoms with Gasteiger partial charge in [-0.3, -0.25) is 9.59 Å². The van der Waals surface area contributed by atoms with Gasteiger partial charge in [0.25, 0.3) is 0 Å². The fourth-order valence-electron chi connectivity index (χ4n) is 2.03. The van der Waals surface area contributed by atoms with Crippen LogP contribution in [0.25, 0.3) is 0 Å². The first-order valence-corrected chi connectivity index (χ1v) is 7.69. The molecule has 2 aromatic rings. The van der Waals surface area contributed by atoms with E-state index in [9.17, 15) is 9.59 Å². The van der Waals surface area contributed by atoms with Crippen molar-refractivity contribution in [3.05, 3.63) is 64.1 Å². The molecule has 0 heterocycles. The number of halogens is 1. The lowest BCUT2D eigenvalue weighted by Gasteiger charge is -2.14. The number of amides is 2. The van der Waals surface area contributed by atoms with E-state index in [0.29, 0.717) is 5.69 Å². The number of nitrogens with one attached hydrogen (secondary N) is 2. The highest BCUT2D eigenvalue weighted by molar-refractivity contribution is 9.10. The lowest BCUT2D eigenvalue weighted by Crippen LogP contribution is -2.37. The molecule has 0 saturated carbocycles. The van der Waals surface area contributed by atoms with E-state index in [-0.39, 0.29) is 6.04 Å². The first-order valence-electron chi connectivity index (χ1n) is 6.90. The number of rotatable bonds is 3. The van der Waals surface area contributed by atoms with Crippen LogP contribution in [-0.4, -0.2) is 11.8 Å². The van der Waals surface area contributed by atoms with Crippen LogP contribution in [0.5, 0.6) is 0 Å². The number of carbonyl (C=O) groups is 2. The number of benzene rings is 2. The van der Waals surface area contributed by atoms with Gasteiger partial charge in [0.2, 0.25) is 0 Å². The van der Waals surface area contributed by atoms with Crippen LogP contribution in [0.1, 0.15) is 24.1 Å². The highest BCUT2D eigenvalue weighted by Gasteiger charge is 2.17. The smallest absolute Gasteiger partial charge is 0.313 e. The summed E-state index contributed by atoms with van der Waals surface area (Å²) in [4.78, 5) is 24.0. The summed E-state index contributed by atoms with van der Waals surface area (Å²) in [5.41, 5.74) is 2.45. The Balaban J connectivity index is 1.99. The molecule has 2 N–H and O–H groups in total. The molecule has 1 unspecified atom stereocenters. The maximum atomic E-state index is 12.0. The molecule has 114 valence electrons. The Labute approximate surface area is 138 Å². The van der Waals surface area contributed by atoms with Gasteiger partial charge in [-0.05, 0) is 43.2 Å². The summed E-state index contributed by atoms with van der Waals surface area (Å²) in [7, 11) is 0. The Kier molecular flexibility index (Phi) is 5.33. The molecular weight excluding hydrogens is 344 g/mol. The lowest BCUT2D eigenvalue weighted by molar-refractivity contribution is -0.136. The summed E-state index contributed by atoms with van der Waals surface area (Å²) in [6.07, 6.45) is 0. The summed E-state index contributed by atoms with van der Waals surface area (Å²) in [6, 6.07) is 14.7. The highest BCUT2D eigenvalue weighted by atomic mass is 79.9. The zero-order valence-electron chi connectivity index (χ0n) is 12.4. The van der Waals surface area contributed by atoms with Crippen molar-refractivity contribution in [2.24, 2.45) is 0 Å². The topological polar surface area (TPSA) is 58.2 Å². The van der Waals surface area contributed by atoms with Crippen molar-refractivity contribution in [1.29, 1.82) is 0 Å². The lowest BCUT2D eigenvalue weighted by atomic mass is 10.1.